The van der Waals surface area contributed by atoms with Crippen LogP contribution in [0.15, 0.2) is 12.2 Å². The Morgan fingerprint density at radius 3 is 2.79 bits per heavy atom. The topological polar surface area (TPSA) is 41.1 Å². The van der Waals surface area contributed by atoms with Gasteiger partial charge in [0, 0.05) is 12.1 Å². The predicted molar refractivity (Wildman–Crippen MR) is 76.8 cm³/mol. The Morgan fingerprint density at radius 1 is 1.05 bits per heavy atom. The minimum atomic E-state index is 0.0604. The van der Waals surface area contributed by atoms with Gasteiger partial charge in [-0.1, -0.05) is 25.0 Å². The van der Waals surface area contributed by atoms with E-state index < -0.39 is 0 Å². The Hall–Kier alpha value is -0.830. The molecule has 4 unspecified atom stereocenters. The fourth-order valence-electron chi connectivity index (χ4n) is 3.93. The van der Waals surface area contributed by atoms with Crippen LogP contribution in [0, 0.1) is 5.92 Å². The first-order chi connectivity index (χ1) is 9.33. The molecule has 0 aromatic carbocycles. The van der Waals surface area contributed by atoms with Gasteiger partial charge in [-0.25, -0.2) is 0 Å². The summed E-state index contributed by atoms with van der Waals surface area (Å²) in [7, 11) is 0. The van der Waals surface area contributed by atoms with E-state index in [0.29, 0.717) is 12.1 Å². The second-order valence-corrected chi connectivity index (χ2v) is 6.44. The van der Waals surface area contributed by atoms with Gasteiger partial charge in [-0.05, 0) is 50.9 Å². The molecule has 0 aromatic rings. The second-order valence-electron chi connectivity index (χ2n) is 6.44. The summed E-state index contributed by atoms with van der Waals surface area (Å²) in [5, 5.41) is 6.85. The van der Waals surface area contributed by atoms with Crippen LogP contribution >= 0.6 is 0 Å². The van der Waals surface area contributed by atoms with E-state index in [9.17, 15) is 4.79 Å². The highest BCUT2D eigenvalue weighted by Gasteiger charge is 2.34. The third-order valence-electron chi connectivity index (χ3n) is 5.08. The van der Waals surface area contributed by atoms with E-state index in [0.717, 1.165) is 31.6 Å². The van der Waals surface area contributed by atoms with Crippen molar-refractivity contribution < 1.29 is 4.79 Å². The van der Waals surface area contributed by atoms with Crippen molar-refractivity contribution >= 4 is 5.91 Å². The monoisotopic (exact) mass is 262 g/mol. The molecule has 0 spiro atoms. The molecule has 3 heteroatoms. The highest BCUT2D eigenvalue weighted by molar-refractivity contribution is 5.82. The molecule has 3 nitrogen and oxygen atoms in total. The standard InChI is InChI=1S/C16H26N2O/c19-16(17-13-7-2-1-3-8-13)15-11-10-12-6-4-5-9-14(12)18-15/h1-2,12-15,18H,3-11H2,(H,17,19). The highest BCUT2D eigenvalue weighted by atomic mass is 16.2. The molecule has 2 aliphatic carbocycles. The zero-order chi connectivity index (χ0) is 13.1. The predicted octanol–water partition coefficient (Wildman–Crippen LogP) is 2.52. The van der Waals surface area contributed by atoms with Crippen LogP contribution in [0.3, 0.4) is 0 Å². The third kappa shape index (κ3) is 3.19. The van der Waals surface area contributed by atoms with Crippen molar-refractivity contribution in [3.8, 4) is 0 Å². The van der Waals surface area contributed by atoms with Crippen molar-refractivity contribution in [3.05, 3.63) is 12.2 Å². The number of hydrogen-bond donors (Lipinski definition) is 2. The molecule has 2 N–H and O–H groups in total. The van der Waals surface area contributed by atoms with Crippen molar-refractivity contribution in [2.75, 3.05) is 0 Å². The van der Waals surface area contributed by atoms with Crippen molar-refractivity contribution in [1.82, 2.24) is 10.6 Å². The molecule has 0 bridgehead atoms. The molecule has 4 atom stereocenters. The van der Waals surface area contributed by atoms with Gasteiger partial charge in [-0.3, -0.25) is 4.79 Å². The molecule has 106 valence electrons. The van der Waals surface area contributed by atoms with Crippen LogP contribution in [0.2, 0.25) is 0 Å². The Kier molecular flexibility index (Phi) is 4.21. The molecule has 3 rings (SSSR count). The number of rotatable bonds is 2. The SMILES string of the molecule is O=C(NC1CC=CCC1)C1CCC2CCCCC2N1. The van der Waals surface area contributed by atoms with E-state index in [1.54, 1.807) is 0 Å². The fourth-order valence-corrected chi connectivity index (χ4v) is 3.93. The van der Waals surface area contributed by atoms with Crippen LogP contribution in [0.4, 0.5) is 0 Å². The summed E-state index contributed by atoms with van der Waals surface area (Å²) < 4.78 is 0. The Bertz CT molecular complexity index is 353. The molecule has 1 heterocycles. The number of allylic oxidation sites excluding steroid dienone is 1. The van der Waals surface area contributed by atoms with Crippen LogP contribution in [0.1, 0.15) is 57.8 Å². The van der Waals surface area contributed by atoms with E-state index in [1.165, 1.54) is 32.1 Å². The quantitative estimate of drug-likeness (QED) is 0.751. The first-order valence-corrected chi connectivity index (χ1v) is 8.04. The van der Waals surface area contributed by atoms with Crippen LogP contribution in [0.25, 0.3) is 0 Å². The Labute approximate surface area is 116 Å². The molecule has 1 amide bonds. The number of amides is 1. The lowest BCUT2D eigenvalue weighted by atomic mass is 9.77. The lowest BCUT2D eigenvalue weighted by Crippen LogP contribution is -2.56. The summed E-state index contributed by atoms with van der Waals surface area (Å²) in [4.78, 5) is 12.3. The number of carbonyl (C=O) groups is 1. The van der Waals surface area contributed by atoms with Crippen molar-refractivity contribution in [3.63, 3.8) is 0 Å². The van der Waals surface area contributed by atoms with Gasteiger partial charge in [0.05, 0.1) is 6.04 Å². The summed E-state index contributed by atoms with van der Waals surface area (Å²) >= 11 is 0. The van der Waals surface area contributed by atoms with E-state index in [1.807, 2.05) is 0 Å². The van der Waals surface area contributed by atoms with Crippen molar-refractivity contribution in [2.45, 2.75) is 75.9 Å². The molecule has 0 radical (unpaired) electrons. The van der Waals surface area contributed by atoms with Gasteiger partial charge in [0.1, 0.15) is 0 Å². The van der Waals surface area contributed by atoms with E-state index in [4.69, 9.17) is 0 Å². The van der Waals surface area contributed by atoms with Gasteiger partial charge in [-0.15, -0.1) is 0 Å². The average molecular weight is 262 g/mol. The molecular formula is C16H26N2O. The van der Waals surface area contributed by atoms with Gasteiger partial charge in [-0.2, -0.15) is 0 Å². The van der Waals surface area contributed by atoms with Crippen molar-refractivity contribution in [2.24, 2.45) is 5.92 Å². The summed E-state index contributed by atoms with van der Waals surface area (Å²) in [6.07, 6.45) is 15.2. The molecule has 0 aromatic heterocycles. The van der Waals surface area contributed by atoms with E-state index in [2.05, 4.69) is 22.8 Å². The number of fused-ring (bicyclic) bond motifs is 1. The average Bonchev–Trinajstić information content (AvgIpc) is 2.48. The summed E-state index contributed by atoms with van der Waals surface area (Å²) in [6, 6.07) is 1.03. The van der Waals surface area contributed by atoms with Gasteiger partial charge in [0.15, 0.2) is 0 Å². The van der Waals surface area contributed by atoms with Crippen LogP contribution in [-0.2, 0) is 4.79 Å². The van der Waals surface area contributed by atoms with Gasteiger partial charge < -0.3 is 10.6 Å². The maximum atomic E-state index is 12.3. The summed E-state index contributed by atoms with van der Waals surface area (Å²) in [5.74, 6) is 1.07. The number of piperidine rings is 1. The maximum absolute atomic E-state index is 12.3. The lowest BCUT2D eigenvalue weighted by molar-refractivity contribution is -0.125. The molecule has 3 aliphatic rings. The van der Waals surface area contributed by atoms with Crippen LogP contribution in [-0.4, -0.2) is 24.0 Å². The summed E-state index contributed by atoms with van der Waals surface area (Å²) in [5.41, 5.74) is 0. The van der Waals surface area contributed by atoms with Gasteiger partial charge in [0.2, 0.25) is 5.91 Å². The normalized spacial score (nSPS) is 38.5. The molecule has 2 fully saturated rings. The number of hydrogen-bond acceptors (Lipinski definition) is 2. The first-order valence-electron chi connectivity index (χ1n) is 8.04. The number of nitrogens with one attached hydrogen (secondary N) is 2. The zero-order valence-corrected chi connectivity index (χ0v) is 11.7. The van der Waals surface area contributed by atoms with Crippen molar-refractivity contribution in [1.29, 1.82) is 0 Å². The van der Waals surface area contributed by atoms with Crippen LogP contribution < -0.4 is 10.6 Å². The number of carbonyl (C=O) groups excluding carboxylic acids is 1. The zero-order valence-electron chi connectivity index (χ0n) is 11.7. The second kappa shape index (κ2) is 6.08. The Morgan fingerprint density at radius 2 is 1.95 bits per heavy atom. The minimum absolute atomic E-state index is 0.0604. The molecule has 19 heavy (non-hydrogen) atoms. The van der Waals surface area contributed by atoms with Gasteiger partial charge in [0.25, 0.3) is 0 Å². The fraction of sp³-hybridized carbons (Fsp3) is 0.812. The third-order valence-corrected chi connectivity index (χ3v) is 5.08. The van der Waals surface area contributed by atoms with E-state index in [-0.39, 0.29) is 11.9 Å². The Balaban J connectivity index is 1.51. The van der Waals surface area contributed by atoms with Crippen LogP contribution in [0.5, 0.6) is 0 Å². The first kappa shape index (κ1) is 13.2. The largest absolute Gasteiger partial charge is 0.352 e. The molecule has 1 saturated heterocycles. The highest BCUT2D eigenvalue weighted by Crippen LogP contribution is 2.32. The molecular weight excluding hydrogens is 236 g/mol. The maximum Gasteiger partial charge on any atom is 0.237 e. The van der Waals surface area contributed by atoms with E-state index >= 15 is 0 Å². The lowest BCUT2D eigenvalue weighted by Gasteiger charge is -2.40. The van der Waals surface area contributed by atoms with Gasteiger partial charge >= 0.3 is 0 Å². The molecule has 1 saturated carbocycles. The molecule has 1 aliphatic heterocycles. The smallest absolute Gasteiger partial charge is 0.237 e. The summed E-state index contributed by atoms with van der Waals surface area (Å²) in [6.45, 7) is 0. The minimum Gasteiger partial charge on any atom is -0.352 e.